The van der Waals surface area contributed by atoms with Crippen LogP contribution < -0.4 is 5.32 Å². The van der Waals surface area contributed by atoms with Crippen LogP contribution in [0.25, 0.3) is 0 Å². The summed E-state index contributed by atoms with van der Waals surface area (Å²) in [6, 6.07) is 0.478. The first-order valence-electron chi connectivity index (χ1n) is 7.73. The number of likely N-dealkylation sites (N-methyl/N-ethyl adjacent to an activating group) is 2. The lowest BCUT2D eigenvalue weighted by atomic mass is 9.70. The van der Waals surface area contributed by atoms with Gasteiger partial charge in [-0.25, -0.2) is 4.98 Å². The molecule has 114 valence electrons. The van der Waals surface area contributed by atoms with Crippen LogP contribution in [0.15, 0.2) is 5.38 Å². The normalized spacial score (nSPS) is 28.8. The van der Waals surface area contributed by atoms with Crippen LogP contribution in [0.5, 0.6) is 0 Å². The molecule has 0 spiro atoms. The number of thiazole rings is 1. The number of rotatable bonds is 5. The van der Waals surface area contributed by atoms with Crippen LogP contribution in [0.1, 0.15) is 43.3 Å². The van der Waals surface area contributed by atoms with Gasteiger partial charge in [-0.15, -0.1) is 11.3 Å². The first kappa shape index (κ1) is 15.9. The number of nitrogens with one attached hydrogen (secondary N) is 1. The van der Waals surface area contributed by atoms with Gasteiger partial charge >= 0.3 is 0 Å². The number of aryl methyl sites for hydroxylation is 1. The van der Waals surface area contributed by atoms with Crippen molar-refractivity contribution in [2.75, 3.05) is 21.1 Å². The molecule has 1 aliphatic carbocycles. The average molecular weight is 295 g/mol. The molecule has 1 N–H and O–H groups in total. The molecule has 0 saturated heterocycles. The summed E-state index contributed by atoms with van der Waals surface area (Å²) >= 11 is 1.80. The van der Waals surface area contributed by atoms with E-state index in [1.807, 2.05) is 0 Å². The summed E-state index contributed by atoms with van der Waals surface area (Å²) in [5.41, 5.74) is 1.42. The molecule has 1 saturated carbocycles. The van der Waals surface area contributed by atoms with E-state index in [9.17, 15) is 0 Å². The van der Waals surface area contributed by atoms with Gasteiger partial charge in [0.05, 0.1) is 5.01 Å². The van der Waals surface area contributed by atoms with Gasteiger partial charge in [-0.1, -0.05) is 19.8 Å². The molecule has 1 aromatic heterocycles. The Bertz CT molecular complexity index is 429. The van der Waals surface area contributed by atoms with E-state index in [4.69, 9.17) is 0 Å². The molecule has 0 radical (unpaired) electrons. The Morgan fingerprint density at radius 2 is 2.30 bits per heavy atom. The fraction of sp³-hybridized carbons (Fsp3) is 0.812. The predicted molar refractivity (Wildman–Crippen MR) is 87.5 cm³/mol. The van der Waals surface area contributed by atoms with Crippen LogP contribution >= 0.6 is 11.3 Å². The zero-order valence-electron chi connectivity index (χ0n) is 13.6. The Morgan fingerprint density at radius 3 is 2.80 bits per heavy atom. The minimum Gasteiger partial charge on any atom is -0.315 e. The van der Waals surface area contributed by atoms with Crippen LogP contribution in [0.3, 0.4) is 0 Å². The maximum atomic E-state index is 4.66. The highest BCUT2D eigenvalue weighted by molar-refractivity contribution is 7.09. The topological polar surface area (TPSA) is 28.2 Å². The first-order valence-corrected chi connectivity index (χ1v) is 8.61. The van der Waals surface area contributed by atoms with Crippen LogP contribution in [0.4, 0.5) is 0 Å². The van der Waals surface area contributed by atoms with Crippen molar-refractivity contribution in [2.45, 2.75) is 57.5 Å². The zero-order valence-corrected chi connectivity index (χ0v) is 14.4. The van der Waals surface area contributed by atoms with Crippen LogP contribution in [-0.4, -0.2) is 42.6 Å². The second-order valence-corrected chi connectivity index (χ2v) is 7.57. The van der Waals surface area contributed by atoms with E-state index in [0.717, 1.165) is 18.0 Å². The summed E-state index contributed by atoms with van der Waals surface area (Å²) < 4.78 is 0. The molecule has 0 amide bonds. The molecular weight excluding hydrogens is 266 g/mol. The maximum Gasteiger partial charge on any atom is 0.0944 e. The largest absolute Gasteiger partial charge is 0.315 e. The minimum absolute atomic E-state index is 0.270. The molecule has 20 heavy (non-hydrogen) atoms. The second kappa shape index (κ2) is 6.54. The van der Waals surface area contributed by atoms with Gasteiger partial charge in [-0.3, -0.25) is 0 Å². The molecule has 0 aromatic carbocycles. The number of hydrogen-bond acceptors (Lipinski definition) is 4. The molecular formula is C16H29N3S. The van der Waals surface area contributed by atoms with Gasteiger partial charge in [-0.2, -0.15) is 0 Å². The van der Waals surface area contributed by atoms with Gasteiger partial charge in [0.1, 0.15) is 0 Å². The minimum atomic E-state index is 0.270. The lowest BCUT2D eigenvalue weighted by Gasteiger charge is -2.50. The highest BCUT2D eigenvalue weighted by Crippen LogP contribution is 2.39. The van der Waals surface area contributed by atoms with Gasteiger partial charge in [0.25, 0.3) is 0 Å². The van der Waals surface area contributed by atoms with Gasteiger partial charge < -0.3 is 10.2 Å². The SMILES string of the molecule is CNC(Cc1nc(C)cs1)C1(N(C)C)CCCC(C)C1. The van der Waals surface area contributed by atoms with Crippen LogP contribution in [-0.2, 0) is 6.42 Å². The van der Waals surface area contributed by atoms with Crippen molar-refractivity contribution < 1.29 is 0 Å². The van der Waals surface area contributed by atoms with Crippen LogP contribution in [0, 0.1) is 12.8 Å². The summed E-state index contributed by atoms with van der Waals surface area (Å²) in [7, 11) is 6.60. The van der Waals surface area contributed by atoms with Crippen molar-refractivity contribution in [1.29, 1.82) is 0 Å². The van der Waals surface area contributed by atoms with Gasteiger partial charge in [0.15, 0.2) is 0 Å². The molecule has 0 bridgehead atoms. The lowest BCUT2D eigenvalue weighted by molar-refractivity contribution is 0.0399. The Labute approximate surface area is 127 Å². The fourth-order valence-corrected chi connectivity index (χ4v) is 4.65. The third-order valence-electron chi connectivity index (χ3n) is 4.94. The summed E-state index contributed by atoms with van der Waals surface area (Å²) in [6.07, 6.45) is 6.34. The summed E-state index contributed by atoms with van der Waals surface area (Å²) in [5.74, 6) is 0.819. The number of aromatic nitrogens is 1. The molecule has 1 aliphatic rings. The van der Waals surface area contributed by atoms with Crippen molar-refractivity contribution >= 4 is 11.3 Å². The zero-order chi connectivity index (χ0) is 14.8. The third kappa shape index (κ3) is 3.23. The van der Waals surface area contributed by atoms with E-state index in [2.05, 4.69) is 55.6 Å². The molecule has 3 atom stereocenters. The van der Waals surface area contributed by atoms with E-state index in [1.165, 1.54) is 30.7 Å². The number of nitrogens with zero attached hydrogens (tertiary/aromatic N) is 2. The average Bonchev–Trinajstić information content (AvgIpc) is 2.81. The second-order valence-electron chi connectivity index (χ2n) is 6.63. The summed E-state index contributed by atoms with van der Waals surface area (Å²) in [5, 5.41) is 7.02. The molecule has 1 heterocycles. The number of hydrogen-bond donors (Lipinski definition) is 1. The van der Waals surface area contributed by atoms with Crippen molar-refractivity contribution in [2.24, 2.45) is 5.92 Å². The van der Waals surface area contributed by atoms with Crippen molar-refractivity contribution in [3.05, 3.63) is 16.1 Å². The molecule has 2 rings (SSSR count). The quantitative estimate of drug-likeness (QED) is 0.905. The Kier molecular flexibility index (Phi) is 5.21. The van der Waals surface area contributed by atoms with Crippen molar-refractivity contribution in [1.82, 2.24) is 15.2 Å². The van der Waals surface area contributed by atoms with Crippen molar-refractivity contribution in [3.63, 3.8) is 0 Å². The Balaban J connectivity index is 2.20. The van der Waals surface area contributed by atoms with Crippen molar-refractivity contribution in [3.8, 4) is 0 Å². The van der Waals surface area contributed by atoms with Crippen LogP contribution in [0.2, 0.25) is 0 Å². The standard InChI is InChI=1S/C16H29N3S/c1-12-7-6-8-16(10-12,19(4)5)14(17-3)9-15-18-13(2)11-20-15/h11-12,14,17H,6-10H2,1-5H3. The van der Waals surface area contributed by atoms with E-state index >= 15 is 0 Å². The highest BCUT2D eigenvalue weighted by atomic mass is 32.1. The first-order chi connectivity index (χ1) is 9.48. The fourth-order valence-electron chi connectivity index (χ4n) is 3.83. The smallest absolute Gasteiger partial charge is 0.0944 e. The van der Waals surface area contributed by atoms with Gasteiger partial charge in [-0.05, 0) is 46.8 Å². The highest BCUT2D eigenvalue weighted by Gasteiger charge is 2.43. The van der Waals surface area contributed by atoms with E-state index in [0.29, 0.717) is 6.04 Å². The summed E-state index contributed by atoms with van der Waals surface area (Å²) in [6.45, 7) is 4.48. The molecule has 1 aromatic rings. The van der Waals surface area contributed by atoms with Gasteiger partial charge in [0.2, 0.25) is 0 Å². The Hall–Kier alpha value is -0.450. The molecule has 4 heteroatoms. The molecule has 0 aliphatic heterocycles. The van der Waals surface area contributed by atoms with E-state index in [1.54, 1.807) is 11.3 Å². The summed E-state index contributed by atoms with van der Waals surface area (Å²) in [4.78, 5) is 7.13. The predicted octanol–water partition coefficient (Wildman–Crippen LogP) is 3.09. The maximum absolute atomic E-state index is 4.66. The monoisotopic (exact) mass is 295 g/mol. The van der Waals surface area contributed by atoms with E-state index in [-0.39, 0.29) is 5.54 Å². The molecule has 1 fully saturated rings. The van der Waals surface area contributed by atoms with E-state index < -0.39 is 0 Å². The molecule has 3 nitrogen and oxygen atoms in total. The third-order valence-corrected chi connectivity index (χ3v) is 5.93. The van der Waals surface area contributed by atoms with Gasteiger partial charge in [0, 0.05) is 29.1 Å². The Morgan fingerprint density at radius 1 is 1.55 bits per heavy atom. The molecule has 3 unspecified atom stereocenters. The lowest BCUT2D eigenvalue weighted by Crippen LogP contribution is -2.61.